The Morgan fingerprint density at radius 2 is 2.10 bits per heavy atom. The Kier molecular flexibility index (Phi) is 4.18. The molecule has 0 spiro atoms. The fourth-order valence-electron chi connectivity index (χ4n) is 2.25. The van der Waals surface area contributed by atoms with Gasteiger partial charge in [-0.3, -0.25) is 0 Å². The van der Waals surface area contributed by atoms with Gasteiger partial charge in [-0.1, -0.05) is 29.8 Å². The SMILES string of the molecule is CNCc1ccccc1OCc1cc(Cl)c2c(c1)OCO2. The Morgan fingerprint density at radius 1 is 1.24 bits per heavy atom. The highest BCUT2D eigenvalue weighted by Crippen LogP contribution is 2.40. The van der Waals surface area contributed by atoms with Crippen LogP contribution in [0, 0.1) is 0 Å². The number of nitrogens with one attached hydrogen (secondary N) is 1. The number of fused-ring (bicyclic) bond motifs is 1. The maximum absolute atomic E-state index is 6.17. The average molecular weight is 306 g/mol. The van der Waals surface area contributed by atoms with Crippen LogP contribution in [-0.4, -0.2) is 13.8 Å². The zero-order chi connectivity index (χ0) is 14.7. The summed E-state index contributed by atoms with van der Waals surface area (Å²) in [6.45, 7) is 1.40. The van der Waals surface area contributed by atoms with Crippen LogP contribution in [-0.2, 0) is 13.2 Å². The maximum atomic E-state index is 6.17. The second-order valence-corrected chi connectivity index (χ2v) is 5.15. The Hall–Kier alpha value is -1.91. The molecule has 0 atom stereocenters. The van der Waals surface area contributed by atoms with E-state index in [1.165, 1.54) is 0 Å². The number of ether oxygens (including phenoxy) is 3. The molecule has 2 aromatic carbocycles. The van der Waals surface area contributed by atoms with E-state index in [-0.39, 0.29) is 6.79 Å². The zero-order valence-electron chi connectivity index (χ0n) is 11.7. The zero-order valence-corrected chi connectivity index (χ0v) is 12.4. The fourth-order valence-corrected chi connectivity index (χ4v) is 2.53. The molecule has 0 saturated heterocycles. The number of halogens is 1. The molecular formula is C16H16ClNO3. The van der Waals surface area contributed by atoms with E-state index in [0.29, 0.717) is 23.1 Å². The molecule has 2 aromatic rings. The molecule has 0 saturated carbocycles. The van der Waals surface area contributed by atoms with Gasteiger partial charge in [-0.25, -0.2) is 0 Å². The minimum absolute atomic E-state index is 0.213. The van der Waals surface area contributed by atoms with Gasteiger partial charge in [0, 0.05) is 12.1 Å². The molecule has 3 rings (SSSR count). The molecule has 21 heavy (non-hydrogen) atoms. The third-order valence-corrected chi connectivity index (χ3v) is 3.50. The van der Waals surface area contributed by atoms with Gasteiger partial charge < -0.3 is 19.5 Å². The molecule has 1 N–H and O–H groups in total. The molecule has 0 radical (unpaired) electrons. The first-order valence-electron chi connectivity index (χ1n) is 6.71. The van der Waals surface area contributed by atoms with Crippen molar-refractivity contribution in [3.05, 3.63) is 52.5 Å². The highest BCUT2D eigenvalue weighted by Gasteiger charge is 2.18. The largest absolute Gasteiger partial charge is 0.489 e. The van der Waals surface area contributed by atoms with Crippen molar-refractivity contribution >= 4 is 11.6 Å². The van der Waals surface area contributed by atoms with Crippen molar-refractivity contribution in [2.24, 2.45) is 0 Å². The number of para-hydroxylation sites is 1. The lowest BCUT2D eigenvalue weighted by molar-refractivity contribution is 0.174. The summed E-state index contributed by atoms with van der Waals surface area (Å²) in [5.74, 6) is 2.14. The van der Waals surface area contributed by atoms with Gasteiger partial charge in [0.1, 0.15) is 12.4 Å². The monoisotopic (exact) mass is 305 g/mol. The van der Waals surface area contributed by atoms with Gasteiger partial charge in [0.15, 0.2) is 11.5 Å². The predicted octanol–water partition coefficient (Wildman–Crippen LogP) is 3.37. The molecule has 0 aromatic heterocycles. The van der Waals surface area contributed by atoms with Crippen LogP contribution in [0.5, 0.6) is 17.2 Å². The summed E-state index contributed by atoms with van der Waals surface area (Å²) in [6, 6.07) is 11.7. The number of hydrogen-bond acceptors (Lipinski definition) is 4. The predicted molar refractivity (Wildman–Crippen MR) is 81.1 cm³/mol. The van der Waals surface area contributed by atoms with E-state index in [0.717, 1.165) is 23.4 Å². The van der Waals surface area contributed by atoms with E-state index >= 15 is 0 Å². The van der Waals surface area contributed by atoms with Crippen molar-refractivity contribution in [2.45, 2.75) is 13.2 Å². The van der Waals surface area contributed by atoms with Gasteiger partial charge in [0.25, 0.3) is 0 Å². The van der Waals surface area contributed by atoms with Crippen LogP contribution in [0.15, 0.2) is 36.4 Å². The van der Waals surface area contributed by atoms with Gasteiger partial charge in [-0.2, -0.15) is 0 Å². The molecule has 5 heteroatoms. The van der Waals surface area contributed by atoms with E-state index in [9.17, 15) is 0 Å². The Balaban J connectivity index is 1.75. The average Bonchev–Trinajstić information content (AvgIpc) is 2.96. The second-order valence-electron chi connectivity index (χ2n) is 4.74. The third-order valence-electron chi connectivity index (χ3n) is 3.22. The van der Waals surface area contributed by atoms with E-state index in [1.807, 2.05) is 43.4 Å². The molecule has 0 fully saturated rings. The quantitative estimate of drug-likeness (QED) is 0.919. The molecule has 0 bridgehead atoms. The molecule has 0 unspecified atom stereocenters. The van der Waals surface area contributed by atoms with E-state index in [2.05, 4.69) is 5.32 Å². The van der Waals surface area contributed by atoms with Crippen LogP contribution in [0.1, 0.15) is 11.1 Å². The Labute approximate surface area is 128 Å². The molecule has 4 nitrogen and oxygen atoms in total. The van der Waals surface area contributed by atoms with Crippen LogP contribution >= 0.6 is 11.6 Å². The Bertz CT molecular complexity index is 645. The summed E-state index contributed by atoms with van der Waals surface area (Å²) >= 11 is 6.17. The molecule has 1 aliphatic rings. The summed E-state index contributed by atoms with van der Waals surface area (Å²) in [5, 5.41) is 3.68. The summed E-state index contributed by atoms with van der Waals surface area (Å²) < 4.78 is 16.6. The Morgan fingerprint density at radius 3 is 2.95 bits per heavy atom. The van der Waals surface area contributed by atoms with Gasteiger partial charge in [0.2, 0.25) is 6.79 Å². The van der Waals surface area contributed by atoms with Crippen LogP contribution in [0.25, 0.3) is 0 Å². The first-order valence-corrected chi connectivity index (χ1v) is 7.09. The topological polar surface area (TPSA) is 39.7 Å². The molecular weight excluding hydrogens is 290 g/mol. The van der Waals surface area contributed by atoms with E-state index < -0.39 is 0 Å². The van der Waals surface area contributed by atoms with Crippen molar-refractivity contribution in [1.29, 1.82) is 0 Å². The highest BCUT2D eigenvalue weighted by molar-refractivity contribution is 6.32. The first-order chi connectivity index (χ1) is 10.3. The molecule has 110 valence electrons. The minimum atomic E-state index is 0.213. The third kappa shape index (κ3) is 3.06. The summed E-state index contributed by atoms with van der Waals surface area (Å²) in [6.07, 6.45) is 0. The van der Waals surface area contributed by atoms with Crippen molar-refractivity contribution < 1.29 is 14.2 Å². The fraction of sp³-hybridized carbons (Fsp3) is 0.250. The number of rotatable bonds is 5. The molecule has 1 heterocycles. The number of benzene rings is 2. The van der Waals surface area contributed by atoms with Crippen molar-refractivity contribution in [3.63, 3.8) is 0 Å². The summed E-state index contributed by atoms with van der Waals surface area (Å²) in [4.78, 5) is 0. The molecule has 0 amide bonds. The standard InChI is InChI=1S/C16H16ClNO3/c1-18-8-12-4-2-3-5-14(12)19-9-11-6-13(17)16-15(7-11)20-10-21-16/h2-7,18H,8-10H2,1H3. The van der Waals surface area contributed by atoms with Crippen LogP contribution in [0.3, 0.4) is 0 Å². The van der Waals surface area contributed by atoms with Crippen LogP contribution in [0.4, 0.5) is 0 Å². The van der Waals surface area contributed by atoms with Gasteiger partial charge in [0.05, 0.1) is 5.02 Å². The first kappa shape index (κ1) is 14.0. The van der Waals surface area contributed by atoms with Gasteiger partial charge in [-0.15, -0.1) is 0 Å². The van der Waals surface area contributed by atoms with Gasteiger partial charge in [-0.05, 0) is 30.8 Å². The molecule has 1 aliphatic heterocycles. The lowest BCUT2D eigenvalue weighted by Gasteiger charge is -2.12. The highest BCUT2D eigenvalue weighted by atomic mass is 35.5. The number of hydrogen-bond donors (Lipinski definition) is 1. The van der Waals surface area contributed by atoms with Crippen LogP contribution < -0.4 is 19.5 Å². The van der Waals surface area contributed by atoms with E-state index in [1.54, 1.807) is 0 Å². The van der Waals surface area contributed by atoms with E-state index in [4.69, 9.17) is 25.8 Å². The smallest absolute Gasteiger partial charge is 0.231 e. The summed E-state index contributed by atoms with van der Waals surface area (Å²) in [5.41, 5.74) is 2.07. The van der Waals surface area contributed by atoms with Crippen molar-refractivity contribution in [1.82, 2.24) is 5.32 Å². The normalized spacial score (nSPS) is 12.5. The minimum Gasteiger partial charge on any atom is -0.489 e. The second kappa shape index (κ2) is 6.24. The maximum Gasteiger partial charge on any atom is 0.231 e. The van der Waals surface area contributed by atoms with Crippen LogP contribution in [0.2, 0.25) is 5.02 Å². The van der Waals surface area contributed by atoms with Crippen molar-refractivity contribution in [2.75, 3.05) is 13.8 Å². The van der Waals surface area contributed by atoms with Crippen molar-refractivity contribution in [3.8, 4) is 17.2 Å². The lowest BCUT2D eigenvalue weighted by atomic mass is 10.2. The lowest BCUT2D eigenvalue weighted by Crippen LogP contribution is -2.07. The summed E-state index contributed by atoms with van der Waals surface area (Å²) in [7, 11) is 1.91. The molecule has 0 aliphatic carbocycles. The van der Waals surface area contributed by atoms with Gasteiger partial charge >= 0.3 is 0 Å².